The van der Waals surface area contributed by atoms with E-state index in [-0.39, 0.29) is 0 Å². The molecule has 2 heterocycles. The Morgan fingerprint density at radius 3 is 3.00 bits per heavy atom. The van der Waals surface area contributed by atoms with E-state index in [0.29, 0.717) is 18.8 Å². The quantitative estimate of drug-likeness (QED) is 0.480. The van der Waals surface area contributed by atoms with Gasteiger partial charge in [0.2, 0.25) is 0 Å². The fourth-order valence-corrected chi connectivity index (χ4v) is 5.57. The molecule has 0 aromatic carbocycles. The van der Waals surface area contributed by atoms with Gasteiger partial charge in [-0.05, 0) is 12.8 Å². The molecule has 1 unspecified atom stereocenters. The first-order valence-corrected chi connectivity index (χ1v) is 7.99. The normalized spacial score (nSPS) is 50.6. The van der Waals surface area contributed by atoms with Crippen LogP contribution >= 0.6 is 22.6 Å². The van der Waals surface area contributed by atoms with Crippen LogP contribution in [-0.4, -0.2) is 52.1 Å². The van der Waals surface area contributed by atoms with Crippen molar-refractivity contribution in [3.8, 4) is 0 Å². The first kappa shape index (κ1) is 11.7. The van der Waals surface area contributed by atoms with Crippen LogP contribution in [-0.2, 0) is 4.74 Å². The van der Waals surface area contributed by atoms with Crippen LogP contribution in [0.4, 0.5) is 0 Å². The lowest BCUT2D eigenvalue weighted by atomic mass is 9.83. The van der Waals surface area contributed by atoms with E-state index >= 15 is 0 Å². The predicted molar refractivity (Wildman–Crippen MR) is 70.4 cm³/mol. The largest absolute Gasteiger partial charge is 0.391 e. The van der Waals surface area contributed by atoms with E-state index in [2.05, 4.69) is 22.6 Å². The third kappa shape index (κ3) is 1.49. The van der Waals surface area contributed by atoms with Crippen molar-refractivity contribution < 1.29 is 14.3 Å². The van der Waals surface area contributed by atoms with E-state index in [0.717, 1.165) is 29.7 Å². The van der Waals surface area contributed by atoms with E-state index in [1.54, 1.807) is 0 Å². The molecule has 16 heavy (non-hydrogen) atoms. The van der Waals surface area contributed by atoms with E-state index in [1.807, 2.05) is 0 Å². The van der Waals surface area contributed by atoms with Gasteiger partial charge in [-0.1, -0.05) is 29.0 Å². The highest BCUT2D eigenvalue weighted by Gasteiger charge is 2.62. The van der Waals surface area contributed by atoms with Crippen LogP contribution in [0.15, 0.2) is 0 Å². The van der Waals surface area contributed by atoms with Gasteiger partial charge in [-0.25, -0.2) is 0 Å². The summed E-state index contributed by atoms with van der Waals surface area (Å²) < 4.78 is 8.32. The van der Waals surface area contributed by atoms with Gasteiger partial charge in [0.05, 0.1) is 11.0 Å². The molecule has 1 N–H and O–H groups in total. The van der Waals surface area contributed by atoms with Crippen molar-refractivity contribution in [1.82, 2.24) is 0 Å². The molecular formula is C12H21INO2+. The summed E-state index contributed by atoms with van der Waals surface area (Å²) >= 11 is 2.52. The Morgan fingerprint density at radius 2 is 2.25 bits per heavy atom. The van der Waals surface area contributed by atoms with Crippen molar-refractivity contribution in [1.29, 1.82) is 0 Å². The highest BCUT2D eigenvalue weighted by molar-refractivity contribution is 14.1. The van der Waals surface area contributed by atoms with Gasteiger partial charge in [0.15, 0.2) is 6.73 Å². The Hall–Kier alpha value is 0.610. The lowest BCUT2D eigenvalue weighted by Gasteiger charge is -2.40. The molecule has 3 aliphatic rings. The highest BCUT2D eigenvalue weighted by atomic mass is 127. The zero-order valence-electron chi connectivity index (χ0n) is 9.65. The fourth-order valence-electron chi connectivity index (χ4n) is 4.43. The maximum Gasteiger partial charge on any atom is 0.184 e. The first-order valence-electron chi connectivity index (χ1n) is 6.46. The van der Waals surface area contributed by atoms with Crippen LogP contribution in [0.1, 0.15) is 25.7 Å². The third-order valence-electron chi connectivity index (χ3n) is 5.05. The summed E-state index contributed by atoms with van der Waals surface area (Å²) in [5.74, 6) is 0.868. The molecule has 1 saturated carbocycles. The van der Waals surface area contributed by atoms with Gasteiger partial charge in [0.25, 0.3) is 0 Å². The Bertz CT molecular complexity index is 276. The van der Waals surface area contributed by atoms with Crippen molar-refractivity contribution in [2.45, 2.75) is 43.9 Å². The Balaban J connectivity index is 1.92. The SMILES string of the molecule is OCC[N+]12CO[C@@H]3CCC[C@@H](C[C@H]1CI)[C@@H]32. The molecule has 5 atom stereocenters. The van der Waals surface area contributed by atoms with E-state index < -0.39 is 0 Å². The molecule has 0 radical (unpaired) electrons. The highest BCUT2D eigenvalue weighted by Crippen LogP contribution is 2.49. The Labute approximate surface area is 111 Å². The number of aliphatic hydroxyl groups excluding tert-OH is 1. The van der Waals surface area contributed by atoms with E-state index in [4.69, 9.17) is 4.74 Å². The summed E-state index contributed by atoms with van der Waals surface area (Å²) in [6.07, 6.45) is 5.86. The molecule has 3 rings (SSSR count). The smallest absolute Gasteiger partial charge is 0.184 e. The zero-order chi connectivity index (χ0) is 11.2. The number of nitrogens with zero attached hydrogens (tertiary/aromatic N) is 1. The van der Waals surface area contributed by atoms with Crippen LogP contribution < -0.4 is 0 Å². The van der Waals surface area contributed by atoms with Gasteiger partial charge in [-0.15, -0.1) is 0 Å². The number of quaternary nitrogens is 1. The third-order valence-corrected chi connectivity index (χ3v) is 6.06. The molecule has 0 spiro atoms. The molecule has 0 bridgehead atoms. The van der Waals surface area contributed by atoms with Gasteiger partial charge < -0.3 is 9.84 Å². The summed E-state index contributed by atoms with van der Waals surface area (Å²) in [7, 11) is 0. The van der Waals surface area contributed by atoms with E-state index in [1.165, 1.54) is 30.1 Å². The van der Waals surface area contributed by atoms with Crippen molar-refractivity contribution in [2.24, 2.45) is 5.92 Å². The molecule has 0 amide bonds. The van der Waals surface area contributed by atoms with Crippen LogP contribution in [0.2, 0.25) is 0 Å². The second-order valence-electron chi connectivity index (χ2n) is 5.61. The van der Waals surface area contributed by atoms with E-state index in [9.17, 15) is 5.11 Å². The number of rotatable bonds is 3. The average molecular weight is 338 g/mol. The maximum absolute atomic E-state index is 9.37. The molecule has 1 aliphatic carbocycles. The minimum Gasteiger partial charge on any atom is -0.391 e. The summed E-state index contributed by atoms with van der Waals surface area (Å²) in [5.41, 5.74) is 0. The molecule has 3 nitrogen and oxygen atoms in total. The molecule has 0 aromatic rings. The van der Waals surface area contributed by atoms with Crippen LogP contribution in [0.3, 0.4) is 0 Å². The van der Waals surface area contributed by atoms with Crippen LogP contribution in [0.25, 0.3) is 0 Å². The van der Waals surface area contributed by atoms with Gasteiger partial charge in [-0.3, -0.25) is 4.48 Å². The molecule has 2 aliphatic heterocycles. The minimum atomic E-state index is 0.312. The number of halogens is 1. The lowest BCUT2D eigenvalue weighted by Crippen LogP contribution is -2.58. The standard InChI is InChI=1S/C12H21INO2/c13-7-10-6-9-2-1-3-11-12(9)14(10,4-5-15)8-16-11/h9-12,15H,1-8H2/q+1/t9-,10-,11+,12-,14?/m0/s1. The fraction of sp³-hybridized carbons (Fsp3) is 1.00. The Morgan fingerprint density at radius 1 is 1.38 bits per heavy atom. The maximum atomic E-state index is 9.37. The summed E-state index contributed by atoms with van der Waals surface area (Å²) in [6, 6.07) is 1.44. The van der Waals surface area contributed by atoms with Gasteiger partial charge in [-0.2, -0.15) is 0 Å². The van der Waals surface area contributed by atoms with Crippen molar-refractivity contribution in [3.63, 3.8) is 0 Å². The number of hydrogen-bond donors (Lipinski definition) is 1. The zero-order valence-corrected chi connectivity index (χ0v) is 11.8. The number of aliphatic hydroxyl groups is 1. The minimum absolute atomic E-state index is 0.312. The van der Waals surface area contributed by atoms with Crippen LogP contribution in [0.5, 0.6) is 0 Å². The second-order valence-corrected chi connectivity index (χ2v) is 6.49. The van der Waals surface area contributed by atoms with Gasteiger partial charge >= 0.3 is 0 Å². The molecule has 2 saturated heterocycles. The summed E-state index contributed by atoms with van der Waals surface area (Å²) in [5, 5.41) is 9.37. The number of hydrogen-bond acceptors (Lipinski definition) is 2. The molecular weight excluding hydrogens is 317 g/mol. The number of ether oxygens (including phenoxy) is 1. The molecule has 3 fully saturated rings. The Kier molecular flexibility index (Phi) is 3.19. The molecule has 0 aromatic heterocycles. The van der Waals surface area contributed by atoms with Crippen molar-refractivity contribution in [3.05, 3.63) is 0 Å². The predicted octanol–water partition coefficient (Wildman–Crippen LogP) is 1.53. The van der Waals surface area contributed by atoms with Crippen LogP contribution in [0, 0.1) is 5.92 Å². The van der Waals surface area contributed by atoms with Crippen molar-refractivity contribution >= 4 is 22.6 Å². The monoisotopic (exact) mass is 338 g/mol. The average Bonchev–Trinajstić information content (AvgIpc) is 2.82. The molecule has 92 valence electrons. The lowest BCUT2D eigenvalue weighted by molar-refractivity contribution is -0.956. The molecule has 4 heteroatoms. The van der Waals surface area contributed by atoms with Gasteiger partial charge in [0.1, 0.15) is 24.7 Å². The topological polar surface area (TPSA) is 29.5 Å². The second kappa shape index (κ2) is 4.37. The first-order chi connectivity index (χ1) is 7.81. The van der Waals surface area contributed by atoms with Crippen molar-refractivity contribution in [2.75, 3.05) is 24.3 Å². The summed E-state index contributed by atoms with van der Waals surface area (Å²) in [6.45, 7) is 2.08. The number of alkyl halides is 1. The van der Waals surface area contributed by atoms with Gasteiger partial charge in [0, 0.05) is 12.3 Å². The summed E-state index contributed by atoms with van der Waals surface area (Å²) in [4.78, 5) is 0.